The standard InChI is InChI=1S/C24H20FNO4S/c1-31(28,29)19-12-8-17(9-13-19)23-15-26-24(30-23)14-22(27)21-5-3-2-4-20(21)16-6-10-18(25)11-7-16/h2-13,15,22,27H,14H2,1H3. The van der Waals surface area contributed by atoms with E-state index in [4.69, 9.17) is 4.42 Å². The summed E-state index contributed by atoms with van der Waals surface area (Å²) in [7, 11) is -3.27. The zero-order valence-corrected chi connectivity index (χ0v) is 17.5. The van der Waals surface area contributed by atoms with E-state index in [0.717, 1.165) is 17.4 Å². The molecule has 158 valence electrons. The Morgan fingerprint density at radius 3 is 2.29 bits per heavy atom. The van der Waals surface area contributed by atoms with Crippen molar-refractivity contribution in [1.29, 1.82) is 0 Å². The van der Waals surface area contributed by atoms with E-state index in [2.05, 4.69) is 4.98 Å². The van der Waals surface area contributed by atoms with Gasteiger partial charge in [0.1, 0.15) is 5.82 Å². The van der Waals surface area contributed by atoms with Crippen molar-refractivity contribution in [2.75, 3.05) is 6.26 Å². The number of oxazole rings is 1. The molecular weight excluding hydrogens is 417 g/mol. The van der Waals surface area contributed by atoms with Crippen molar-refractivity contribution in [3.8, 4) is 22.5 Å². The predicted molar refractivity (Wildman–Crippen MR) is 116 cm³/mol. The lowest BCUT2D eigenvalue weighted by Gasteiger charge is -2.14. The maximum absolute atomic E-state index is 13.3. The van der Waals surface area contributed by atoms with Crippen LogP contribution in [0.5, 0.6) is 0 Å². The number of hydrogen-bond donors (Lipinski definition) is 1. The SMILES string of the molecule is CS(=O)(=O)c1ccc(-c2cnc(CC(O)c3ccccc3-c3ccc(F)cc3)o2)cc1. The zero-order valence-electron chi connectivity index (χ0n) is 16.7. The van der Waals surface area contributed by atoms with Crippen LogP contribution < -0.4 is 0 Å². The maximum atomic E-state index is 13.3. The van der Waals surface area contributed by atoms with Crippen LogP contribution in [0.1, 0.15) is 17.6 Å². The molecule has 0 aliphatic carbocycles. The third kappa shape index (κ3) is 4.73. The van der Waals surface area contributed by atoms with E-state index in [-0.39, 0.29) is 17.1 Å². The third-order valence-corrected chi connectivity index (χ3v) is 6.09. The molecule has 1 N–H and O–H groups in total. The Morgan fingerprint density at radius 2 is 1.61 bits per heavy atom. The molecule has 0 spiro atoms. The first-order valence-electron chi connectivity index (χ1n) is 9.59. The van der Waals surface area contributed by atoms with Gasteiger partial charge in [-0.2, -0.15) is 0 Å². The van der Waals surface area contributed by atoms with Crippen LogP contribution in [0.25, 0.3) is 22.5 Å². The summed E-state index contributed by atoms with van der Waals surface area (Å²) in [6.45, 7) is 0. The van der Waals surface area contributed by atoms with Crippen LogP contribution in [-0.4, -0.2) is 24.8 Å². The minimum atomic E-state index is -3.27. The summed E-state index contributed by atoms with van der Waals surface area (Å²) in [5.41, 5.74) is 2.98. The number of halogens is 1. The second-order valence-electron chi connectivity index (χ2n) is 7.23. The zero-order chi connectivity index (χ0) is 22.0. The molecule has 1 aromatic heterocycles. The molecule has 0 amide bonds. The molecule has 0 aliphatic heterocycles. The highest BCUT2D eigenvalue weighted by Crippen LogP contribution is 2.31. The van der Waals surface area contributed by atoms with Crippen molar-refractivity contribution < 1.29 is 22.3 Å². The largest absolute Gasteiger partial charge is 0.441 e. The lowest BCUT2D eigenvalue weighted by atomic mass is 9.95. The van der Waals surface area contributed by atoms with Gasteiger partial charge in [-0.3, -0.25) is 0 Å². The van der Waals surface area contributed by atoms with Gasteiger partial charge in [0.2, 0.25) is 0 Å². The topological polar surface area (TPSA) is 80.4 Å². The molecule has 5 nitrogen and oxygen atoms in total. The van der Waals surface area contributed by atoms with Gasteiger partial charge in [-0.15, -0.1) is 0 Å². The van der Waals surface area contributed by atoms with Gasteiger partial charge in [0.15, 0.2) is 21.5 Å². The smallest absolute Gasteiger partial charge is 0.197 e. The van der Waals surface area contributed by atoms with E-state index in [1.165, 1.54) is 24.3 Å². The summed E-state index contributed by atoms with van der Waals surface area (Å²) < 4.78 is 42.3. The Kier molecular flexibility index (Phi) is 5.71. The fourth-order valence-corrected chi connectivity index (χ4v) is 3.99. The van der Waals surface area contributed by atoms with Gasteiger partial charge in [0.05, 0.1) is 23.6 Å². The second-order valence-corrected chi connectivity index (χ2v) is 9.24. The molecule has 4 rings (SSSR count). The van der Waals surface area contributed by atoms with Crippen LogP contribution in [-0.2, 0) is 16.3 Å². The molecule has 0 saturated carbocycles. The first-order chi connectivity index (χ1) is 14.8. The lowest BCUT2D eigenvalue weighted by Crippen LogP contribution is -2.04. The predicted octanol–water partition coefficient (Wildman–Crippen LogP) is 4.83. The molecular formula is C24H20FNO4S. The maximum Gasteiger partial charge on any atom is 0.197 e. The molecule has 0 fully saturated rings. The fourth-order valence-electron chi connectivity index (χ4n) is 3.36. The molecule has 4 aromatic rings. The molecule has 1 unspecified atom stereocenters. The van der Waals surface area contributed by atoms with Gasteiger partial charge in [-0.05, 0) is 53.1 Å². The van der Waals surface area contributed by atoms with Gasteiger partial charge in [-0.25, -0.2) is 17.8 Å². The van der Waals surface area contributed by atoms with Crippen LogP contribution in [0, 0.1) is 5.82 Å². The molecule has 1 heterocycles. The fraction of sp³-hybridized carbons (Fsp3) is 0.125. The highest BCUT2D eigenvalue weighted by atomic mass is 32.2. The molecule has 0 saturated heterocycles. The molecule has 0 radical (unpaired) electrons. The summed E-state index contributed by atoms with van der Waals surface area (Å²) >= 11 is 0. The highest BCUT2D eigenvalue weighted by molar-refractivity contribution is 7.90. The average molecular weight is 437 g/mol. The third-order valence-electron chi connectivity index (χ3n) is 4.96. The summed E-state index contributed by atoms with van der Waals surface area (Å²) in [4.78, 5) is 4.47. The number of aliphatic hydroxyl groups is 1. The van der Waals surface area contributed by atoms with Crippen molar-refractivity contribution in [2.45, 2.75) is 17.4 Å². The van der Waals surface area contributed by atoms with Crippen molar-refractivity contribution >= 4 is 9.84 Å². The Bertz CT molecular complexity index is 1300. The van der Waals surface area contributed by atoms with Crippen molar-refractivity contribution in [3.63, 3.8) is 0 Å². The normalized spacial score (nSPS) is 12.6. The molecule has 0 aliphatic rings. The number of aromatic nitrogens is 1. The monoisotopic (exact) mass is 437 g/mol. The van der Waals surface area contributed by atoms with Crippen LogP contribution in [0.3, 0.4) is 0 Å². The van der Waals surface area contributed by atoms with Crippen molar-refractivity contribution in [1.82, 2.24) is 4.98 Å². The van der Waals surface area contributed by atoms with E-state index in [0.29, 0.717) is 22.8 Å². The molecule has 31 heavy (non-hydrogen) atoms. The summed E-state index contributed by atoms with van der Waals surface area (Å²) in [6, 6.07) is 19.8. The van der Waals surface area contributed by atoms with Crippen LogP contribution in [0.2, 0.25) is 0 Å². The van der Waals surface area contributed by atoms with Gasteiger partial charge < -0.3 is 9.52 Å². The molecule has 7 heteroatoms. The summed E-state index contributed by atoms with van der Waals surface area (Å²) in [5, 5.41) is 10.8. The number of aliphatic hydroxyl groups excluding tert-OH is 1. The van der Waals surface area contributed by atoms with Gasteiger partial charge >= 0.3 is 0 Å². The van der Waals surface area contributed by atoms with E-state index >= 15 is 0 Å². The first kappa shape index (κ1) is 21.0. The molecule has 3 aromatic carbocycles. The quantitative estimate of drug-likeness (QED) is 0.467. The summed E-state index contributed by atoms with van der Waals surface area (Å²) in [6.07, 6.45) is 1.98. The average Bonchev–Trinajstić information content (AvgIpc) is 3.22. The van der Waals surface area contributed by atoms with E-state index in [9.17, 15) is 17.9 Å². The van der Waals surface area contributed by atoms with Gasteiger partial charge in [0.25, 0.3) is 0 Å². The Hall–Kier alpha value is -3.29. The van der Waals surface area contributed by atoms with Crippen LogP contribution in [0.15, 0.2) is 88.3 Å². The summed E-state index contributed by atoms with van der Waals surface area (Å²) in [5.74, 6) is 0.510. The number of sulfone groups is 1. The number of benzene rings is 3. The minimum Gasteiger partial charge on any atom is -0.441 e. The van der Waals surface area contributed by atoms with E-state index in [1.54, 1.807) is 30.5 Å². The number of nitrogens with zero attached hydrogens (tertiary/aromatic N) is 1. The van der Waals surface area contributed by atoms with Crippen LogP contribution in [0.4, 0.5) is 4.39 Å². The first-order valence-corrected chi connectivity index (χ1v) is 11.5. The Balaban J connectivity index is 1.55. The Morgan fingerprint density at radius 1 is 0.968 bits per heavy atom. The molecule has 1 atom stereocenters. The minimum absolute atomic E-state index is 0.152. The van der Waals surface area contributed by atoms with E-state index in [1.807, 2.05) is 24.3 Å². The Labute approximate surface area is 179 Å². The van der Waals surface area contributed by atoms with Gasteiger partial charge in [-0.1, -0.05) is 36.4 Å². The van der Waals surface area contributed by atoms with Crippen molar-refractivity contribution in [2.24, 2.45) is 0 Å². The van der Waals surface area contributed by atoms with Crippen molar-refractivity contribution in [3.05, 3.63) is 96.3 Å². The lowest BCUT2D eigenvalue weighted by molar-refractivity contribution is 0.169. The van der Waals surface area contributed by atoms with Gasteiger partial charge in [0, 0.05) is 11.8 Å². The number of rotatable bonds is 6. The second kappa shape index (κ2) is 8.45. The van der Waals surface area contributed by atoms with E-state index < -0.39 is 15.9 Å². The van der Waals surface area contributed by atoms with Crippen LogP contribution >= 0.6 is 0 Å². The molecule has 0 bridgehead atoms. The highest BCUT2D eigenvalue weighted by Gasteiger charge is 2.17. The number of hydrogen-bond acceptors (Lipinski definition) is 5.